The number of hydrogen-bond acceptors (Lipinski definition) is 3. The number of amides is 2. The molecule has 116 valence electrons. The minimum atomic E-state index is 0.0131. The molecule has 1 unspecified atom stereocenters. The second kappa shape index (κ2) is 10.3. The third-order valence-electron chi connectivity index (χ3n) is 3.84. The Labute approximate surface area is 127 Å². The lowest BCUT2D eigenvalue weighted by molar-refractivity contribution is -0.137. The van der Waals surface area contributed by atoms with Crippen LogP contribution in [0.25, 0.3) is 0 Å². The molecule has 0 aliphatic carbocycles. The van der Waals surface area contributed by atoms with Crippen LogP contribution in [0.15, 0.2) is 0 Å². The van der Waals surface area contributed by atoms with E-state index < -0.39 is 0 Å². The van der Waals surface area contributed by atoms with Gasteiger partial charge in [0.1, 0.15) is 0 Å². The van der Waals surface area contributed by atoms with Gasteiger partial charge in [-0.2, -0.15) is 11.8 Å². The van der Waals surface area contributed by atoms with Crippen molar-refractivity contribution in [1.82, 2.24) is 4.90 Å². The number of thioether (sulfide) groups is 1. The summed E-state index contributed by atoms with van der Waals surface area (Å²) in [5, 5.41) is 0.633. The minimum Gasteiger partial charge on any atom is -0.282 e. The van der Waals surface area contributed by atoms with Crippen molar-refractivity contribution in [2.75, 3.05) is 12.3 Å². The van der Waals surface area contributed by atoms with Gasteiger partial charge in [0.05, 0.1) is 0 Å². The van der Waals surface area contributed by atoms with Gasteiger partial charge in [-0.25, -0.2) is 0 Å². The average Bonchev–Trinajstić information content (AvgIpc) is 2.74. The van der Waals surface area contributed by atoms with Crippen molar-refractivity contribution in [3.05, 3.63) is 0 Å². The van der Waals surface area contributed by atoms with Crippen LogP contribution in [0.1, 0.15) is 71.6 Å². The van der Waals surface area contributed by atoms with Crippen LogP contribution in [0, 0.1) is 0 Å². The van der Waals surface area contributed by atoms with Gasteiger partial charge < -0.3 is 0 Å². The fourth-order valence-electron chi connectivity index (χ4n) is 2.51. The first-order valence-corrected chi connectivity index (χ1v) is 9.14. The number of unbranched alkanes of at least 4 members (excludes halogenated alkanes) is 5. The van der Waals surface area contributed by atoms with E-state index in [1.807, 2.05) is 11.8 Å². The van der Waals surface area contributed by atoms with Gasteiger partial charge in [0.15, 0.2) is 0 Å². The number of rotatable bonds is 11. The molecule has 0 N–H and O–H groups in total. The fourth-order valence-corrected chi connectivity index (χ4v) is 3.54. The molecule has 1 aliphatic heterocycles. The van der Waals surface area contributed by atoms with Crippen LogP contribution in [0.3, 0.4) is 0 Å². The minimum absolute atomic E-state index is 0.0131. The molecule has 0 radical (unpaired) electrons. The Balaban J connectivity index is 1.98. The molecule has 0 aromatic carbocycles. The molecule has 0 aromatic rings. The molecule has 0 bridgehead atoms. The van der Waals surface area contributed by atoms with Crippen LogP contribution < -0.4 is 0 Å². The van der Waals surface area contributed by atoms with Crippen molar-refractivity contribution in [2.45, 2.75) is 76.9 Å². The van der Waals surface area contributed by atoms with Gasteiger partial charge in [0.25, 0.3) is 0 Å². The first-order chi connectivity index (χ1) is 9.65. The number of imide groups is 1. The zero-order chi connectivity index (χ0) is 14.8. The summed E-state index contributed by atoms with van der Waals surface area (Å²) in [6.07, 6.45) is 10.1. The van der Waals surface area contributed by atoms with Crippen molar-refractivity contribution >= 4 is 23.6 Å². The van der Waals surface area contributed by atoms with Gasteiger partial charge in [-0.15, -0.1) is 0 Å². The predicted octanol–water partition coefficient (Wildman–Crippen LogP) is 4.01. The summed E-state index contributed by atoms with van der Waals surface area (Å²) in [6, 6.07) is 0. The zero-order valence-corrected chi connectivity index (χ0v) is 13.8. The maximum atomic E-state index is 11.5. The third kappa shape index (κ3) is 6.78. The monoisotopic (exact) mass is 299 g/mol. The molecule has 1 heterocycles. The number of likely N-dealkylation sites (tertiary alicyclic amines) is 1. The Bertz CT molecular complexity index is 291. The number of carbonyl (C=O) groups excluding carboxylic acids is 2. The summed E-state index contributed by atoms with van der Waals surface area (Å²) in [6.45, 7) is 5.10. The molecular formula is C16H29NO2S. The van der Waals surface area contributed by atoms with Crippen LogP contribution >= 0.6 is 11.8 Å². The molecule has 1 rings (SSSR count). The van der Waals surface area contributed by atoms with E-state index in [1.54, 1.807) is 0 Å². The van der Waals surface area contributed by atoms with Gasteiger partial charge in [-0.1, -0.05) is 52.4 Å². The van der Waals surface area contributed by atoms with E-state index in [1.165, 1.54) is 49.8 Å². The molecule has 20 heavy (non-hydrogen) atoms. The topological polar surface area (TPSA) is 37.4 Å². The van der Waals surface area contributed by atoms with E-state index in [0.717, 1.165) is 5.75 Å². The third-order valence-corrected chi connectivity index (χ3v) is 5.06. The Morgan fingerprint density at radius 2 is 1.65 bits per heavy atom. The Morgan fingerprint density at radius 3 is 2.30 bits per heavy atom. The van der Waals surface area contributed by atoms with E-state index in [2.05, 4.69) is 13.8 Å². The highest BCUT2D eigenvalue weighted by Gasteiger charge is 2.28. The normalized spacial score (nSPS) is 17.0. The lowest BCUT2D eigenvalue weighted by Gasteiger charge is -2.15. The van der Waals surface area contributed by atoms with E-state index >= 15 is 0 Å². The van der Waals surface area contributed by atoms with E-state index in [0.29, 0.717) is 24.6 Å². The summed E-state index contributed by atoms with van der Waals surface area (Å²) in [7, 11) is 0. The molecule has 0 aromatic heterocycles. The number of carbonyl (C=O) groups is 2. The SMILES string of the molecule is CCCCCCCCC(C)SCCN1C(=O)CCC1=O. The van der Waals surface area contributed by atoms with Crippen LogP contribution in [0.2, 0.25) is 0 Å². The second-order valence-electron chi connectivity index (χ2n) is 5.68. The standard InChI is InChI=1S/C16H29NO2S/c1-3-4-5-6-7-8-9-14(2)20-13-12-17-15(18)10-11-16(17)19/h14H,3-13H2,1-2H3. The number of hydrogen-bond donors (Lipinski definition) is 0. The summed E-state index contributed by atoms with van der Waals surface area (Å²) in [5.74, 6) is 0.910. The van der Waals surface area contributed by atoms with Crippen LogP contribution in [0.5, 0.6) is 0 Å². The molecule has 2 amide bonds. The molecule has 0 saturated carbocycles. The van der Waals surface area contributed by atoms with Crippen molar-refractivity contribution in [3.63, 3.8) is 0 Å². The number of nitrogens with zero attached hydrogens (tertiary/aromatic N) is 1. The van der Waals surface area contributed by atoms with Crippen molar-refractivity contribution < 1.29 is 9.59 Å². The van der Waals surface area contributed by atoms with Crippen LogP contribution in [-0.4, -0.2) is 34.3 Å². The van der Waals surface area contributed by atoms with Gasteiger partial charge in [-0.05, 0) is 6.42 Å². The molecule has 3 nitrogen and oxygen atoms in total. The van der Waals surface area contributed by atoms with Crippen molar-refractivity contribution in [1.29, 1.82) is 0 Å². The van der Waals surface area contributed by atoms with E-state index in [-0.39, 0.29) is 11.8 Å². The van der Waals surface area contributed by atoms with E-state index in [4.69, 9.17) is 0 Å². The van der Waals surface area contributed by atoms with Crippen LogP contribution in [0.4, 0.5) is 0 Å². The van der Waals surface area contributed by atoms with Crippen LogP contribution in [-0.2, 0) is 9.59 Å². The maximum Gasteiger partial charge on any atom is 0.229 e. The molecule has 1 saturated heterocycles. The molecule has 1 aliphatic rings. The Hall–Kier alpha value is -0.510. The van der Waals surface area contributed by atoms with Crippen molar-refractivity contribution in [3.8, 4) is 0 Å². The first-order valence-electron chi connectivity index (χ1n) is 8.10. The molecule has 0 spiro atoms. The average molecular weight is 299 g/mol. The highest BCUT2D eigenvalue weighted by molar-refractivity contribution is 7.99. The molecule has 1 fully saturated rings. The Morgan fingerprint density at radius 1 is 1.05 bits per heavy atom. The quantitative estimate of drug-likeness (QED) is 0.427. The summed E-state index contributed by atoms with van der Waals surface area (Å²) in [4.78, 5) is 24.3. The summed E-state index contributed by atoms with van der Waals surface area (Å²) in [5.41, 5.74) is 0. The first kappa shape index (κ1) is 17.5. The maximum absolute atomic E-state index is 11.5. The Kier molecular flexibility index (Phi) is 8.99. The molecule has 1 atom stereocenters. The van der Waals surface area contributed by atoms with Gasteiger partial charge in [0, 0.05) is 30.4 Å². The van der Waals surface area contributed by atoms with E-state index in [9.17, 15) is 9.59 Å². The van der Waals surface area contributed by atoms with Crippen molar-refractivity contribution in [2.24, 2.45) is 0 Å². The van der Waals surface area contributed by atoms with Gasteiger partial charge in [-0.3, -0.25) is 14.5 Å². The summed E-state index contributed by atoms with van der Waals surface area (Å²) < 4.78 is 0. The second-order valence-corrected chi connectivity index (χ2v) is 7.22. The molecular weight excluding hydrogens is 270 g/mol. The fraction of sp³-hybridized carbons (Fsp3) is 0.875. The largest absolute Gasteiger partial charge is 0.282 e. The van der Waals surface area contributed by atoms with Gasteiger partial charge in [0.2, 0.25) is 11.8 Å². The lowest BCUT2D eigenvalue weighted by atomic mass is 10.1. The van der Waals surface area contributed by atoms with Gasteiger partial charge >= 0.3 is 0 Å². The highest BCUT2D eigenvalue weighted by atomic mass is 32.2. The molecule has 4 heteroatoms. The smallest absolute Gasteiger partial charge is 0.229 e. The zero-order valence-electron chi connectivity index (χ0n) is 13.0. The lowest BCUT2D eigenvalue weighted by Crippen LogP contribution is -2.31. The summed E-state index contributed by atoms with van der Waals surface area (Å²) >= 11 is 1.89. The highest BCUT2D eigenvalue weighted by Crippen LogP contribution is 2.19. The predicted molar refractivity (Wildman–Crippen MR) is 85.9 cm³/mol.